The van der Waals surface area contributed by atoms with Crippen molar-refractivity contribution in [1.29, 1.82) is 0 Å². The summed E-state index contributed by atoms with van der Waals surface area (Å²) in [5, 5.41) is 2.12. The van der Waals surface area contributed by atoms with Crippen molar-refractivity contribution in [3.63, 3.8) is 0 Å². The quantitative estimate of drug-likeness (QED) is 0.332. The second-order valence-corrected chi connectivity index (χ2v) is 8.03. The lowest BCUT2D eigenvalue weighted by molar-refractivity contribution is -0.122. The maximum atomic E-state index is 13.0. The number of anilines is 1. The van der Waals surface area contributed by atoms with Crippen LogP contribution in [0.5, 0.6) is 5.75 Å². The number of thiophene rings is 1. The van der Waals surface area contributed by atoms with Gasteiger partial charge in [0.05, 0.1) is 17.5 Å². The van der Waals surface area contributed by atoms with Gasteiger partial charge in [-0.15, -0.1) is 11.3 Å². The van der Waals surface area contributed by atoms with Crippen LogP contribution in [0.25, 0.3) is 0 Å². The van der Waals surface area contributed by atoms with Crippen molar-refractivity contribution in [2.24, 2.45) is 17.8 Å². The van der Waals surface area contributed by atoms with E-state index in [1.54, 1.807) is 23.6 Å². The number of hydrogen-bond donors (Lipinski definition) is 0. The first-order valence-corrected chi connectivity index (χ1v) is 9.83. The summed E-state index contributed by atoms with van der Waals surface area (Å²) >= 11 is 7.36. The van der Waals surface area contributed by atoms with E-state index in [1.165, 1.54) is 23.5 Å². The van der Waals surface area contributed by atoms with Crippen LogP contribution in [0.3, 0.4) is 0 Å². The molecular formula is C20H16ClNO4S. The zero-order valence-electron chi connectivity index (χ0n) is 14.4. The van der Waals surface area contributed by atoms with E-state index in [1.807, 2.05) is 19.1 Å². The summed E-state index contributed by atoms with van der Waals surface area (Å²) in [6, 6.07) is 7.95. The van der Waals surface area contributed by atoms with Gasteiger partial charge in [-0.1, -0.05) is 36.7 Å². The number of ether oxygens (including phenoxy) is 1. The Hall–Kier alpha value is -2.44. The molecule has 2 heterocycles. The van der Waals surface area contributed by atoms with Crippen molar-refractivity contribution in [3.05, 3.63) is 57.8 Å². The maximum Gasteiger partial charge on any atom is 0.353 e. The fourth-order valence-corrected chi connectivity index (χ4v) is 4.45. The van der Waals surface area contributed by atoms with Gasteiger partial charge in [-0.3, -0.25) is 9.59 Å². The van der Waals surface area contributed by atoms with Gasteiger partial charge >= 0.3 is 5.97 Å². The number of fused-ring (bicyclic) bond motifs is 1. The Balaban J connectivity index is 1.71. The molecule has 1 fully saturated rings. The normalized spacial score (nSPS) is 24.2. The molecule has 3 atom stereocenters. The van der Waals surface area contributed by atoms with Crippen molar-refractivity contribution in [1.82, 2.24) is 0 Å². The van der Waals surface area contributed by atoms with Crippen LogP contribution >= 0.6 is 22.9 Å². The van der Waals surface area contributed by atoms with Crippen LogP contribution in [0.2, 0.25) is 5.02 Å². The van der Waals surface area contributed by atoms with Crippen LogP contribution in [-0.2, 0) is 9.59 Å². The highest BCUT2D eigenvalue weighted by atomic mass is 35.5. The second-order valence-electron chi connectivity index (χ2n) is 6.65. The van der Waals surface area contributed by atoms with Crippen molar-refractivity contribution >= 4 is 46.4 Å². The van der Waals surface area contributed by atoms with E-state index in [2.05, 4.69) is 0 Å². The Kier molecular flexibility index (Phi) is 4.61. The molecule has 1 aliphatic heterocycles. The number of nitrogens with zero attached hydrogens (tertiary/aromatic N) is 1. The summed E-state index contributed by atoms with van der Waals surface area (Å²) in [5.74, 6) is -1.78. The van der Waals surface area contributed by atoms with Crippen LogP contribution in [0.1, 0.15) is 23.0 Å². The zero-order valence-corrected chi connectivity index (χ0v) is 16.0. The highest BCUT2D eigenvalue weighted by molar-refractivity contribution is 7.12. The summed E-state index contributed by atoms with van der Waals surface area (Å²) in [5.41, 5.74) is 0.212. The fraction of sp³-hybridized carbons (Fsp3) is 0.250. The lowest BCUT2D eigenvalue weighted by Gasteiger charge is -2.22. The van der Waals surface area contributed by atoms with Gasteiger partial charge in [-0.25, -0.2) is 9.69 Å². The molecule has 1 aromatic heterocycles. The van der Waals surface area contributed by atoms with Crippen molar-refractivity contribution < 1.29 is 19.1 Å². The van der Waals surface area contributed by atoms with Crippen molar-refractivity contribution in [2.75, 3.05) is 4.90 Å². The molecule has 0 bridgehead atoms. The summed E-state index contributed by atoms with van der Waals surface area (Å²) in [4.78, 5) is 39.9. The lowest BCUT2D eigenvalue weighted by atomic mass is 9.78. The Morgan fingerprint density at radius 2 is 2.07 bits per heavy atom. The molecule has 0 spiro atoms. The van der Waals surface area contributed by atoms with Gasteiger partial charge in [0.1, 0.15) is 4.88 Å². The molecule has 0 N–H and O–H groups in total. The van der Waals surface area contributed by atoms with E-state index in [9.17, 15) is 14.4 Å². The van der Waals surface area contributed by atoms with Gasteiger partial charge in [-0.2, -0.15) is 0 Å². The molecule has 138 valence electrons. The van der Waals surface area contributed by atoms with Gasteiger partial charge in [0.2, 0.25) is 11.8 Å². The van der Waals surface area contributed by atoms with E-state index in [0.717, 1.165) is 4.90 Å². The first-order chi connectivity index (χ1) is 13.0. The van der Waals surface area contributed by atoms with E-state index >= 15 is 0 Å². The Morgan fingerprint density at radius 3 is 2.78 bits per heavy atom. The molecule has 0 radical (unpaired) electrons. The number of allylic oxidation sites excluding steroid dienone is 2. The number of amides is 2. The van der Waals surface area contributed by atoms with Crippen LogP contribution in [0.15, 0.2) is 47.9 Å². The molecule has 4 rings (SSSR count). The third-order valence-corrected chi connectivity index (χ3v) is 6.04. The van der Waals surface area contributed by atoms with Crippen LogP contribution in [0.4, 0.5) is 5.69 Å². The van der Waals surface area contributed by atoms with E-state index in [4.69, 9.17) is 16.3 Å². The third-order valence-electron chi connectivity index (χ3n) is 4.96. The molecular weight excluding hydrogens is 386 g/mol. The van der Waals surface area contributed by atoms with Gasteiger partial charge in [0.15, 0.2) is 5.75 Å². The minimum absolute atomic E-state index is 0.0264. The highest BCUT2D eigenvalue weighted by Crippen LogP contribution is 2.43. The average molecular weight is 402 g/mol. The number of benzene rings is 1. The monoisotopic (exact) mass is 401 g/mol. The molecule has 0 unspecified atom stereocenters. The molecule has 1 aliphatic carbocycles. The predicted molar refractivity (Wildman–Crippen MR) is 103 cm³/mol. The molecule has 7 heteroatoms. The average Bonchev–Trinajstić information content (AvgIpc) is 3.25. The number of imide groups is 1. The molecule has 2 aliphatic rings. The number of rotatable bonds is 3. The van der Waals surface area contributed by atoms with Gasteiger partial charge < -0.3 is 4.74 Å². The number of halogens is 1. The van der Waals surface area contributed by atoms with E-state index in [-0.39, 0.29) is 29.2 Å². The van der Waals surface area contributed by atoms with Crippen molar-refractivity contribution in [3.8, 4) is 5.75 Å². The SMILES string of the molecule is C[C@@H]1C=CC[C@H]2C(=O)N(c3cc(Cl)ccc3OC(=O)c3cccs3)C(=O)[C@H]12. The number of hydrogen-bond acceptors (Lipinski definition) is 5. The first kappa shape index (κ1) is 17.9. The minimum atomic E-state index is -0.542. The summed E-state index contributed by atoms with van der Waals surface area (Å²) in [6.07, 6.45) is 4.43. The molecule has 0 saturated carbocycles. The number of carbonyl (C=O) groups is 3. The number of carbonyl (C=O) groups excluding carboxylic acids is 3. The van der Waals surface area contributed by atoms with Gasteiger partial charge in [0.25, 0.3) is 0 Å². The summed E-state index contributed by atoms with van der Waals surface area (Å²) < 4.78 is 5.49. The molecule has 2 aromatic rings. The van der Waals surface area contributed by atoms with Crippen LogP contribution < -0.4 is 9.64 Å². The first-order valence-electron chi connectivity index (χ1n) is 8.57. The third kappa shape index (κ3) is 3.09. The lowest BCUT2D eigenvalue weighted by Crippen LogP contribution is -2.32. The van der Waals surface area contributed by atoms with Crippen LogP contribution in [-0.4, -0.2) is 17.8 Å². The number of esters is 1. The molecule has 27 heavy (non-hydrogen) atoms. The standard InChI is InChI=1S/C20H16ClNO4S/c1-11-4-2-5-13-17(11)19(24)22(18(13)23)14-10-12(21)7-8-15(14)26-20(25)16-6-3-9-27-16/h2-4,6-11,13,17H,5H2,1H3/t11-,13-,17-/m1/s1. The Labute approximate surface area is 165 Å². The van der Waals surface area contributed by atoms with E-state index in [0.29, 0.717) is 16.3 Å². The second kappa shape index (κ2) is 6.94. The Bertz CT molecular complexity index is 953. The summed E-state index contributed by atoms with van der Waals surface area (Å²) in [7, 11) is 0. The maximum absolute atomic E-state index is 13.0. The largest absolute Gasteiger partial charge is 0.420 e. The Morgan fingerprint density at radius 1 is 1.26 bits per heavy atom. The topological polar surface area (TPSA) is 63.7 Å². The van der Waals surface area contributed by atoms with Gasteiger partial charge in [-0.05, 0) is 42.0 Å². The summed E-state index contributed by atoms with van der Waals surface area (Å²) in [6.45, 7) is 1.93. The van der Waals surface area contributed by atoms with Gasteiger partial charge in [0, 0.05) is 5.02 Å². The minimum Gasteiger partial charge on any atom is -0.420 e. The molecule has 1 aromatic carbocycles. The molecule has 2 amide bonds. The van der Waals surface area contributed by atoms with E-state index < -0.39 is 17.8 Å². The fourth-order valence-electron chi connectivity index (χ4n) is 3.68. The smallest absolute Gasteiger partial charge is 0.353 e. The highest BCUT2D eigenvalue weighted by Gasteiger charge is 2.51. The zero-order chi connectivity index (χ0) is 19.1. The van der Waals surface area contributed by atoms with Crippen molar-refractivity contribution in [2.45, 2.75) is 13.3 Å². The molecule has 5 nitrogen and oxygen atoms in total. The van der Waals surface area contributed by atoms with Crippen LogP contribution in [0, 0.1) is 17.8 Å². The predicted octanol–water partition coefficient (Wildman–Crippen LogP) is 4.32. The molecule has 1 saturated heterocycles.